The van der Waals surface area contributed by atoms with Gasteiger partial charge >= 0.3 is 11.9 Å². The molecule has 0 aromatic carbocycles. The lowest BCUT2D eigenvalue weighted by Crippen LogP contribution is -2.58. The van der Waals surface area contributed by atoms with Crippen LogP contribution in [-0.2, 0) is 24.0 Å². The van der Waals surface area contributed by atoms with Crippen molar-refractivity contribution >= 4 is 35.6 Å². The number of nitrogens with two attached hydrogens (primary N) is 3. The number of hydrogen-bond acceptors (Lipinski definition) is 8. The topological polar surface area (TPSA) is 273 Å². The number of aliphatic hydroxyl groups is 1. The van der Waals surface area contributed by atoms with E-state index in [1.165, 1.54) is 0 Å². The summed E-state index contributed by atoms with van der Waals surface area (Å²) in [5.74, 6) is -5.72. The van der Waals surface area contributed by atoms with Crippen molar-refractivity contribution in [2.45, 2.75) is 63.7 Å². The molecule has 4 atom stereocenters. The average Bonchev–Trinajstić information content (AvgIpc) is 2.74. The van der Waals surface area contributed by atoms with E-state index >= 15 is 0 Å². The molecule has 4 unspecified atom stereocenters. The Morgan fingerprint density at radius 3 is 1.94 bits per heavy atom. The number of hydrogen-bond donors (Lipinski definition) is 9. The summed E-state index contributed by atoms with van der Waals surface area (Å²) in [6.07, 6.45) is -0.619. The van der Waals surface area contributed by atoms with Gasteiger partial charge in [-0.15, -0.1) is 0 Å². The molecule has 0 aliphatic heterocycles. The second-order valence-corrected chi connectivity index (χ2v) is 7.86. The number of aliphatic imine (C=N–C) groups is 1. The van der Waals surface area contributed by atoms with Gasteiger partial charge in [-0.1, -0.05) is 13.8 Å². The zero-order valence-corrected chi connectivity index (χ0v) is 19.2. The van der Waals surface area contributed by atoms with Crippen molar-refractivity contribution < 1.29 is 39.3 Å². The summed E-state index contributed by atoms with van der Waals surface area (Å²) in [4.78, 5) is 63.7. The van der Waals surface area contributed by atoms with E-state index in [1.807, 2.05) is 0 Å². The normalized spacial score (nSPS) is 14.3. The first kappa shape index (κ1) is 30.5. The number of carbonyl (C=O) groups excluding carboxylic acids is 3. The van der Waals surface area contributed by atoms with Crippen LogP contribution in [0.3, 0.4) is 0 Å². The number of nitrogens with zero attached hydrogens (tertiary/aromatic N) is 1. The molecule has 0 heterocycles. The number of carboxylic acids is 2. The van der Waals surface area contributed by atoms with Gasteiger partial charge in [0, 0.05) is 13.0 Å². The highest BCUT2D eigenvalue weighted by Gasteiger charge is 2.31. The molecule has 0 rings (SSSR count). The third-order valence-corrected chi connectivity index (χ3v) is 4.62. The molecule has 0 saturated heterocycles. The second-order valence-electron chi connectivity index (χ2n) is 7.86. The summed E-state index contributed by atoms with van der Waals surface area (Å²) in [6.45, 7) is 2.70. The van der Waals surface area contributed by atoms with E-state index < -0.39 is 72.8 Å². The highest BCUT2D eigenvalue weighted by Crippen LogP contribution is 2.07. The number of aliphatic carboxylic acids is 2. The molecule has 12 N–H and O–H groups in total. The van der Waals surface area contributed by atoms with Crippen molar-refractivity contribution in [3.8, 4) is 0 Å². The number of guanidine groups is 1. The fourth-order valence-electron chi connectivity index (χ4n) is 2.71. The first-order valence-corrected chi connectivity index (χ1v) is 10.6. The molecule has 0 aromatic heterocycles. The van der Waals surface area contributed by atoms with Crippen molar-refractivity contribution in [1.29, 1.82) is 0 Å². The third kappa shape index (κ3) is 12.0. The Kier molecular flexibility index (Phi) is 13.8. The Balaban J connectivity index is 5.43. The van der Waals surface area contributed by atoms with Crippen LogP contribution in [0.1, 0.15) is 39.5 Å². The van der Waals surface area contributed by atoms with E-state index in [-0.39, 0.29) is 31.8 Å². The van der Waals surface area contributed by atoms with Gasteiger partial charge in [0.25, 0.3) is 0 Å². The lowest BCUT2D eigenvalue weighted by Gasteiger charge is -2.26. The molecular formula is C19H35N7O8. The van der Waals surface area contributed by atoms with Crippen molar-refractivity contribution in [3.63, 3.8) is 0 Å². The van der Waals surface area contributed by atoms with E-state index in [1.54, 1.807) is 13.8 Å². The molecule has 15 nitrogen and oxygen atoms in total. The minimum atomic E-state index is -1.40. The van der Waals surface area contributed by atoms with Crippen LogP contribution in [0.4, 0.5) is 0 Å². The van der Waals surface area contributed by atoms with E-state index in [0.29, 0.717) is 0 Å². The van der Waals surface area contributed by atoms with Crippen LogP contribution in [0.2, 0.25) is 0 Å². The maximum atomic E-state index is 12.8. The molecule has 15 heteroatoms. The van der Waals surface area contributed by atoms with Gasteiger partial charge in [0.05, 0.1) is 6.61 Å². The molecule has 194 valence electrons. The lowest BCUT2D eigenvalue weighted by atomic mass is 10.0. The third-order valence-electron chi connectivity index (χ3n) is 4.62. The van der Waals surface area contributed by atoms with Crippen LogP contribution in [0.15, 0.2) is 4.99 Å². The van der Waals surface area contributed by atoms with Crippen LogP contribution >= 0.6 is 0 Å². The maximum Gasteiger partial charge on any atom is 0.326 e. The number of carboxylic acid groups (broad SMARTS) is 2. The van der Waals surface area contributed by atoms with Gasteiger partial charge in [0.2, 0.25) is 17.7 Å². The smallest absolute Gasteiger partial charge is 0.326 e. The average molecular weight is 490 g/mol. The second kappa shape index (κ2) is 15.4. The van der Waals surface area contributed by atoms with Gasteiger partial charge in [-0.05, 0) is 25.2 Å². The van der Waals surface area contributed by atoms with Gasteiger partial charge in [0.1, 0.15) is 24.2 Å². The summed E-state index contributed by atoms with van der Waals surface area (Å²) in [7, 11) is 0. The quantitative estimate of drug-likeness (QED) is 0.0580. The Morgan fingerprint density at radius 1 is 0.882 bits per heavy atom. The van der Waals surface area contributed by atoms with E-state index in [0.717, 1.165) is 0 Å². The van der Waals surface area contributed by atoms with Gasteiger partial charge in [0.15, 0.2) is 5.96 Å². The molecule has 0 aliphatic carbocycles. The largest absolute Gasteiger partial charge is 0.481 e. The first-order valence-electron chi connectivity index (χ1n) is 10.6. The number of rotatable bonds is 16. The monoisotopic (exact) mass is 489 g/mol. The van der Waals surface area contributed by atoms with Gasteiger partial charge in [-0.25, -0.2) is 4.79 Å². The van der Waals surface area contributed by atoms with Gasteiger partial charge in [-0.2, -0.15) is 0 Å². The Hall–Kier alpha value is -3.46. The molecule has 0 saturated carbocycles. The SMILES string of the molecule is CC(C)C(NC(=O)C(N)CO)C(=O)NC(CCC(=O)O)C(=O)NC(CCCN=C(N)N)C(=O)O. The number of nitrogens with one attached hydrogen (secondary N) is 3. The maximum absolute atomic E-state index is 12.8. The summed E-state index contributed by atoms with van der Waals surface area (Å²) >= 11 is 0. The molecule has 0 aromatic rings. The summed E-state index contributed by atoms with van der Waals surface area (Å²) in [6, 6.07) is -5.16. The van der Waals surface area contributed by atoms with Crippen molar-refractivity contribution in [3.05, 3.63) is 0 Å². The molecule has 3 amide bonds. The van der Waals surface area contributed by atoms with Crippen LogP contribution in [-0.4, -0.2) is 88.3 Å². The van der Waals surface area contributed by atoms with Crippen LogP contribution in [0.25, 0.3) is 0 Å². The molecular weight excluding hydrogens is 454 g/mol. The standard InChI is InChI=1S/C19H35N7O8/c1-9(2)14(26-15(30)10(20)8-27)17(32)24-11(5-6-13(28)29)16(31)25-12(18(33)34)4-3-7-23-19(21)22/h9-12,14,27H,3-8,20H2,1-2H3,(H,24,32)(H,25,31)(H,26,30)(H,28,29)(H,33,34)(H4,21,22,23). The number of aliphatic hydroxyl groups excluding tert-OH is 1. The van der Waals surface area contributed by atoms with Gasteiger partial charge in [-0.3, -0.25) is 24.2 Å². The van der Waals surface area contributed by atoms with Crippen molar-refractivity contribution in [1.82, 2.24) is 16.0 Å². The lowest BCUT2D eigenvalue weighted by molar-refractivity contribution is -0.143. The van der Waals surface area contributed by atoms with Crippen molar-refractivity contribution in [2.24, 2.45) is 28.1 Å². The fourth-order valence-corrected chi connectivity index (χ4v) is 2.71. The highest BCUT2D eigenvalue weighted by molar-refractivity contribution is 5.94. The summed E-state index contributed by atoms with van der Waals surface area (Å²) < 4.78 is 0. The van der Waals surface area contributed by atoms with E-state index in [2.05, 4.69) is 20.9 Å². The molecule has 0 spiro atoms. The van der Waals surface area contributed by atoms with Gasteiger partial charge < -0.3 is 48.5 Å². The zero-order chi connectivity index (χ0) is 26.4. The van der Waals surface area contributed by atoms with Crippen molar-refractivity contribution in [2.75, 3.05) is 13.2 Å². The van der Waals surface area contributed by atoms with E-state index in [9.17, 15) is 29.1 Å². The summed E-state index contributed by atoms with van der Waals surface area (Å²) in [5, 5.41) is 34.4. The molecule has 0 radical (unpaired) electrons. The first-order chi connectivity index (χ1) is 15.8. The predicted octanol–water partition coefficient (Wildman–Crippen LogP) is -3.58. The molecule has 0 bridgehead atoms. The van der Waals surface area contributed by atoms with Crippen LogP contribution in [0.5, 0.6) is 0 Å². The Labute approximate surface area is 196 Å². The van der Waals surface area contributed by atoms with Crippen LogP contribution < -0.4 is 33.2 Å². The minimum absolute atomic E-state index is 0.0266. The Morgan fingerprint density at radius 2 is 1.47 bits per heavy atom. The molecule has 0 aliphatic rings. The molecule has 34 heavy (non-hydrogen) atoms. The number of amides is 3. The van der Waals surface area contributed by atoms with E-state index in [4.69, 9.17) is 27.4 Å². The molecule has 0 fully saturated rings. The zero-order valence-electron chi connectivity index (χ0n) is 19.2. The summed E-state index contributed by atoms with van der Waals surface area (Å²) in [5.41, 5.74) is 15.8. The highest BCUT2D eigenvalue weighted by atomic mass is 16.4. The Bertz CT molecular complexity index is 755. The number of carbonyl (C=O) groups is 5. The predicted molar refractivity (Wildman–Crippen MR) is 120 cm³/mol. The fraction of sp³-hybridized carbons (Fsp3) is 0.684. The minimum Gasteiger partial charge on any atom is -0.481 e. The van der Waals surface area contributed by atoms with Crippen LogP contribution in [0, 0.1) is 5.92 Å².